The summed E-state index contributed by atoms with van der Waals surface area (Å²) in [5.41, 5.74) is 0.894. The Labute approximate surface area is 207 Å². The molecule has 0 spiro atoms. The van der Waals surface area contributed by atoms with Gasteiger partial charge in [0.05, 0.1) is 15.6 Å². The fourth-order valence-electron chi connectivity index (χ4n) is 2.72. The summed E-state index contributed by atoms with van der Waals surface area (Å²) in [4.78, 5) is 23.1. The van der Waals surface area contributed by atoms with Crippen LogP contribution >= 0.6 is 39.1 Å². The highest BCUT2D eigenvalue weighted by molar-refractivity contribution is 9.10. The molecule has 0 radical (unpaired) electrons. The minimum Gasteiger partial charge on any atom is -0.488 e. The Kier molecular flexibility index (Phi) is 8.06. The van der Waals surface area contributed by atoms with Crippen molar-refractivity contribution in [3.63, 3.8) is 0 Å². The summed E-state index contributed by atoms with van der Waals surface area (Å²) in [6.07, 6.45) is 1.36. The second kappa shape index (κ2) is 11.0. The zero-order valence-corrected chi connectivity index (χ0v) is 19.8. The number of nitro groups is 1. The van der Waals surface area contributed by atoms with Gasteiger partial charge in [-0.2, -0.15) is 5.26 Å². The summed E-state index contributed by atoms with van der Waals surface area (Å²) in [5.74, 6) is -0.328. The molecule has 0 aliphatic heterocycles. The van der Waals surface area contributed by atoms with E-state index < -0.39 is 10.8 Å². The molecule has 0 fully saturated rings. The van der Waals surface area contributed by atoms with Gasteiger partial charge in [0.15, 0.2) is 0 Å². The standard InChI is InChI=1S/C23H14BrCl2N3O4/c24-17-3-8-22(33-13-14-1-4-18(25)5-2-14)15(10-17)9-16(12-27)23(30)28-21-11-19(29(31)32)6-7-20(21)26/h1-11H,13H2,(H,28,30)/b16-9+. The molecule has 3 aromatic rings. The maximum Gasteiger partial charge on any atom is 0.271 e. The topological polar surface area (TPSA) is 105 Å². The molecule has 1 amide bonds. The molecule has 0 saturated carbocycles. The number of hydrogen-bond acceptors (Lipinski definition) is 5. The van der Waals surface area contributed by atoms with Gasteiger partial charge in [-0.25, -0.2) is 0 Å². The van der Waals surface area contributed by atoms with E-state index in [0.717, 1.165) is 11.6 Å². The molecule has 10 heteroatoms. The SMILES string of the molecule is N#C/C(=C\c1cc(Br)ccc1OCc1ccc(Cl)cc1)C(=O)Nc1cc([N+](=O)[O-])ccc1Cl. The first-order valence-corrected chi connectivity index (χ1v) is 10.9. The van der Waals surface area contributed by atoms with Crippen LogP contribution in [0.1, 0.15) is 11.1 Å². The molecular weight excluding hydrogens is 533 g/mol. The van der Waals surface area contributed by atoms with Crippen LogP contribution in [-0.4, -0.2) is 10.8 Å². The van der Waals surface area contributed by atoms with Crippen molar-refractivity contribution in [1.29, 1.82) is 5.26 Å². The van der Waals surface area contributed by atoms with Crippen molar-refractivity contribution >= 4 is 62.5 Å². The third-order valence-electron chi connectivity index (χ3n) is 4.35. The van der Waals surface area contributed by atoms with Gasteiger partial charge in [-0.3, -0.25) is 14.9 Å². The Bertz CT molecular complexity index is 1290. The van der Waals surface area contributed by atoms with Crippen LogP contribution in [0.25, 0.3) is 6.08 Å². The fraction of sp³-hybridized carbons (Fsp3) is 0.0435. The molecule has 166 valence electrons. The monoisotopic (exact) mass is 545 g/mol. The van der Waals surface area contributed by atoms with E-state index in [-0.39, 0.29) is 28.6 Å². The number of benzene rings is 3. The van der Waals surface area contributed by atoms with Crippen LogP contribution in [0, 0.1) is 21.4 Å². The van der Waals surface area contributed by atoms with Gasteiger partial charge in [0.1, 0.15) is 24.0 Å². The van der Waals surface area contributed by atoms with Crippen molar-refractivity contribution in [2.24, 2.45) is 0 Å². The number of carbonyl (C=O) groups is 1. The van der Waals surface area contributed by atoms with Crippen LogP contribution in [0.3, 0.4) is 0 Å². The highest BCUT2D eigenvalue weighted by Gasteiger charge is 2.16. The molecule has 1 N–H and O–H groups in total. The predicted octanol–water partition coefficient (Wildman–Crippen LogP) is 6.79. The second-order valence-electron chi connectivity index (χ2n) is 6.64. The van der Waals surface area contributed by atoms with E-state index in [1.807, 2.05) is 18.2 Å². The molecule has 0 aliphatic rings. The second-order valence-corrected chi connectivity index (χ2v) is 8.40. The lowest BCUT2D eigenvalue weighted by molar-refractivity contribution is -0.384. The highest BCUT2D eigenvalue weighted by Crippen LogP contribution is 2.29. The summed E-state index contributed by atoms with van der Waals surface area (Å²) in [6, 6.07) is 17.8. The third kappa shape index (κ3) is 6.56. The number of nitrogens with one attached hydrogen (secondary N) is 1. The number of amides is 1. The van der Waals surface area contributed by atoms with E-state index in [9.17, 15) is 20.2 Å². The summed E-state index contributed by atoms with van der Waals surface area (Å²) in [7, 11) is 0. The lowest BCUT2D eigenvalue weighted by Gasteiger charge is -2.11. The number of rotatable bonds is 7. The first kappa shape index (κ1) is 24.3. The quantitative estimate of drug-likeness (QED) is 0.152. The zero-order valence-electron chi connectivity index (χ0n) is 16.7. The first-order chi connectivity index (χ1) is 15.8. The van der Waals surface area contributed by atoms with E-state index in [2.05, 4.69) is 21.2 Å². The van der Waals surface area contributed by atoms with Crippen LogP contribution in [0.2, 0.25) is 10.0 Å². The molecule has 0 saturated heterocycles. The van der Waals surface area contributed by atoms with E-state index in [1.54, 1.807) is 30.3 Å². The molecule has 0 atom stereocenters. The van der Waals surface area contributed by atoms with Crippen LogP contribution in [-0.2, 0) is 11.4 Å². The average Bonchev–Trinajstić information content (AvgIpc) is 2.79. The van der Waals surface area contributed by atoms with Crippen LogP contribution in [0.4, 0.5) is 11.4 Å². The van der Waals surface area contributed by atoms with E-state index in [1.165, 1.54) is 18.2 Å². The summed E-state index contributed by atoms with van der Waals surface area (Å²) in [6.45, 7) is 0.247. The van der Waals surface area contributed by atoms with E-state index >= 15 is 0 Å². The van der Waals surface area contributed by atoms with Crippen molar-refractivity contribution in [1.82, 2.24) is 0 Å². The van der Waals surface area contributed by atoms with Gasteiger partial charge in [-0.1, -0.05) is 51.3 Å². The van der Waals surface area contributed by atoms with Crippen molar-refractivity contribution < 1.29 is 14.5 Å². The summed E-state index contributed by atoms with van der Waals surface area (Å²) < 4.78 is 6.59. The average molecular weight is 547 g/mol. The molecule has 0 aliphatic carbocycles. The van der Waals surface area contributed by atoms with Gasteiger partial charge < -0.3 is 10.1 Å². The fourth-order valence-corrected chi connectivity index (χ4v) is 3.39. The molecule has 33 heavy (non-hydrogen) atoms. The number of hydrogen-bond donors (Lipinski definition) is 1. The van der Waals surface area contributed by atoms with Crippen LogP contribution < -0.4 is 10.1 Å². The minimum absolute atomic E-state index is 0.0190. The number of nitro benzene ring substituents is 1. The Balaban J connectivity index is 1.85. The Hall–Kier alpha value is -3.38. The molecule has 0 bridgehead atoms. The zero-order chi connectivity index (χ0) is 24.0. The third-order valence-corrected chi connectivity index (χ3v) is 5.43. The number of nitrogens with zero attached hydrogens (tertiary/aromatic N) is 2. The first-order valence-electron chi connectivity index (χ1n) is 9.30. The van der Waals surface area contributed by atoms with Gasteiger partial charge >= 0.3 is 0 Å². The Morgan fingerprint density at radius 1 is 1.15 bits per heavy atom. The van der Waals surface area contributed by atoms with Crippen LogP contribution in [0.5, 0.6) is 5.75 Å². The summed E-state index contributed by atoms with van der Waals surface area (Å²) in [5, 5.41) is 23.7. The van der Waals surface area contributed by atoms with Crippen molar-refractivity contribution in [2.75, 3.05) is 5.32 Å². The van der Waals surface area contributed by atoms with Crippen molar-refractivity contribution in [2.45, 2.75) is 6.61 Å². The van der Waals surface area contributed by atoms with Gasteiger partial charge in [-0.05, 0) is 48.0 Å². The molecular formula is C23H14BrCl2N3O4. The van der Waals surface area contributed by atoms with Gasteiger partial charge in [0.2, 0.25) is 0 Å². The maximum absolute atomic E-state index is 12.7. The molecule has 7 nitrogen and oxygen atoms in total. The molecule has 0 unspecified atom stereocenters. The number of ether oxygens (including phenoxy) is 1. The number of halogens is 3. The lowest BCUT2D eigenvalue weighted by atomic mass is 10.1. The van der Waals surface area contributed by atoms with Crippen molar-refractivity contribution in [3.8, 4) is 11.8 Å². The number of nitriles is 1. The molecule has 3 rings (SSSR count). The Morgan fingerprint density at radius 3 is 2.55 bits per heavy atom. The maximum atomic E-state index is 12.7. The molecule has 0 heterocycles. The van der Waals surface area contributed by atoms with E-state index in [4.69, 9.17) is 27.9 Å². The molecule has 0 aromatic heterocycles. The largest absolute Gasteiger partial charge is 0.488 e. The minimum atomic E-state index is -0.775. The van der Waals surface area contributed by atoms with Gasteiger partial charge in [0.25, 0.3) is 11.6 Å². The van der Waals surface area contributed by atoms with Crippen molar-refractivity contribution in [3.05, 3.63) is 102 Å². The number of carbonyl (C=O) groups excluding carboxylic acids is 1. The number of anilines is 1. The highest BCUT2D eigenvalue weighted by atomic mass is 79.9. The summed E-state index contributed by atoms with van der Waals surface area (Å²) >= 11 is 15.3. The predicted molar refractivity (Wildman–Crippen MR) is 130 cm³/mol. The molecule has 3 aromatic carbocycles. The van der Waals surface area contributed by atoms with Crippen LogP contribution in [0.15, 0.2) is 70.7 Å². The van der Waals surface area contributed by atoms with Gasteiger partial charge in [0, 0.05) is 27.2 Å². The van der Waals surface area contributed by atoms with E-state index in [0.29, 0.717) is 20.8 Å². The number of non-ortho nitro benzene ring substituents is 1. The smallest absolute Gasteiger partial charge is 0.271 e. The Morgan fingerprint density at radius 2 is 1.88 bits per heavy atom. The lowest BCUT2D eigenvalue weighted by Crippen LogP contribution is -2.14. The normalized spacial score (nSPS) is 10.9. The van der Waals surface area contributed by atoms with Gasteiger partial charge in [-0.15, -0.1) is 0 Å².